The molecule has 3 nitrogen and oxygen atoms in total. The third kappa shape index (κ3) is 2.42. The number of nitrogens with two attached hydrogens (primary N) is 1. The predicted molar refractivity (Wildman–Crippen MR) is 74.1 cm³/mol. The minimum absolute atomic E-state index is 0.179. The van der Waals surface area contributed by atoms with Gasteiger partial charge in [0.15, 0.2) is 0 Å². The van der Waals surface area contributed by atoms with Crippen LogP contribution in [0.2, 0.25) is 0 Å². The predicted octanol–water partition coefficient (Wildman–Crippen LogP) is 2.45. The zero-order valence-corrected chi connectivity index (χ0v) is 12.1. The lowest BCUT2D eigenvalue weighted by molar-refractivity contribution is -0.118. The molecule has 3 heteroatoms. The van der Waals surface area contributed by atoms with Crippen molar-refractivity contribution in [3.05, 3.63) is 0 Å². The number of rotatable bonds is 6. The van der Waals surface area contributed by atoms with E-state index in [0.29, 0.717) is 23.3 Å². The summed E-state index contributed by atoms with van der Waals surface area (Å²) in [5.74, 6) is 0.716. The van der Waals surface area contributed by atoms with Crippen LogP contribution in [0.3, 0.4) is 0 Å². The molecule has 1 amide bonds. The monoisotopic (exact) mass is 252 g/mol. The van der Waals surface area contributed by atoms with E-state index in [1.165, 1.54) is 19.3 Å². The summed E-state index contributed by atoms with van der Waals surface area (Å²) in [4.78, 5) is 10.7. The smallest absolute Gasteiger partial charge is 0.217 e. The van der Waals surface area contributed by atoms with Crippen molar-refractivity contribution in [2.45, 2.75) is 65.3 Å². The summed E-state index contributed by atoms with van der Waals surface area (Å²) in [7, 11) is 0. The molecule has 0 aromatic heterocycles. The van der Waals surface area contributed by atoms with E-state index in [1.54, 1.807) is 0 Å². The first-order valence-electron chi connectivity index (χ1n) is 7.38. The van der Waals surface area contributed by atoms with Gasteiger partial charge in [-0.25, -0.2) is 0 Å². The molecule has 2 bridgehead atoms. The van der Waals surface area contributed by atoms with E-state index in [2.05, 4.69) is 26.1 Å². The van der Waals surface area contributed by atoms with Crippen molar-refractivity contribution in [2.24, 2.45) is 22.5 Å². The highest BCUT2D eigenvalue weighted by Gasteiger charge is 2.58. The van der Waals surface area contributed by atoms with Crippen LogP contribution in [0.15, 0.2) is 0 Å². The summed E-state index contributed by atoms with van der Waals surface area (Å²) in [6.07, 6.45) is 6.66. The largest absolute Gasteiger partial charge is 0.370 e. The Morgan fingerprint density at radius 3 is 2.61 bits per heavy atom. The normalized spacial score (nSPS) is 37.1. The molecule has 0 heterocycles. The second-order valence-corrected chi connectivity index (χ2v) is 7.23. The number of hydrogen-bond donors (Lipinski definition) is 2. The van der Waals surface area contributed by atoms with E-state index >= 15 is 0 Å². The van der Waals surface area contributed by atoms with Gasteiger partial charge in [0.1, 0.15) is 0 Å². The Hall–Kier alpha value is -0.570. The maximum atomic E-state index is 10.7. The van der Waals surface area contributed by atoms with Crippen LogP contribution in [0.4, 0.5) is 0 Å². The number of carbonyl (C=O) groups excluding carboxylic acids is 1. The van der Waals surface area contributed by atoms with Crippen LogP contribution in [0.1, 0.15) is 59.3 Å². The number of carbonyl (C=O) groups is 1. The van der Waals surface area contributed by atoms with Gasteiger partial charge < -0.3 is 11.1 Å². The van der Waals surface area contributed by atoms with Gasteiger partial charge in [0.05, 0.1) is 0 Å². The molecule has 1 unspecified atom stereocenters. The number of unbranched alkanes of at least 4 members (excludes halogenated alkanes) is 1. The minimum Gasteiger partial charge on any atom is -0.370 e. The van der Waals surface area contributed by atoms with Crippen LogP contribution in [0.5, 0.6) is 0 Å². The fourth-order valence-electron chi connectivity index (χ4n) is 4.48. The van der Waals surface area contributed by atoms with Gasteiger partial charge in [-0.2, -0.15) is 0 Å². The minimum atomic E-state index is -0.179. The SMILES string of the molecule is CC1(C)C(NCCCCC(N)=O)[C@]2(C)CC[C@H]1C2. The highest BCUT2D eigenvalue weighted by molar-refractivity contribution is 5.73. The quantitative estimate of drug-likeness (QED) is 0.713. The number of amides is 1. The number of fused-ring (bicyclic) bond motifs is 2. The summed E-state index contributed by atoms with van der Waals surface area (Å²) in [5.41, 5.74) is 6.08. The Kier molecular flexibility index (Phi) is 3.72. The van der Waals surface area contributed by atoms with Crippen molar-refractivity contribution >= 4 is 5.91 Å². The summed E-state index contributed by atoms with van der Waals surface area (Å²) in [6.45, 7) is 8.30. The topological polar surface area (TPSA) is 55.1 Å². The second kappa shape index (κ2) is 4.84. The summed E-state index contributed by atoms with van der Waals surface area (Å²) in [5, 5.41) is 3.77. The molecule has 104 valence electrons. The Bertz CT molecular complexity index is 322. The Balaban J connectivity index is 1.80. The van der Waals surface area contributed by atoms with Gasteiger partial charge in [-0.1, -0.05) is 20.8 Å². The van der Waals surface area contributed by atoms with Gasteiger partial charge in [0.2, 0.25) is 5.91 Å². The van der Waals surface area contributed by atoms with E-state index in [9.17, 15) is 4.79 Å². The lowest BCUT2D eigenvalue weighted by Crippen LogP contribution is -2.50. The number of primary amides is 1. The number of hydrogen-bond acceptors (Lipinski definition) is 2. The zero-order valence-electron chi connectivity index (χ0n) is 12.1. The third-order valence-corrected chi connectivity index (χ3v) is 5.47. The lowest BCUT2D eigenvalue weighted by atomic mass is 9.68. The van der Waals surface area contributed by atoms with Gasteiger partial charge in [0.25, 0.3) is 0 Å². The molecule has 3 N–H and O–H groups in total. The van der Waals surface area contributed by atoms with E-state index in [0.717, 1.165) is 25.3 Å². The first-order chi connectivity index (χ1) is 8.36. The first kappa shape index (κ1) is 13.9. The van der Waals surface area contributed by atoms with E-state index in [-0.39, 0.29) is 5.91 Å². The van der Waals surface area contributed by atoms with E-state index < -0.39 is 0 Å². The number of nitrogens with one attached hydrogen (secondary N) is 1. The molecule has 0 aliphatic heterocycles. The van der Waals surface area contributed by atoms with Crippen LogP contribution >= 0.6 is 0 Å². The van der Waals surface area contributed by atoms with Crippen molar-refractivity contribution in [3.8, 4) is 0 Å². The molecular weight excluding hydrogens is 224 g/mol. The summed E-state index contributed by atoms with van der Waals surface area (Å²) < 4.78 is 0. The maximum absolute atomic E-state index is 10.7. The maximum Gasteiger partial charge on any atom is 0.217 e. The first-order valence-corrected chi connectivity index (χ1v) is 7.38. The van der Waals surface area contributed by atoms with Crippen LogP contribution < -0.4 is 11.1 Å². The molecule has 3 atom stereocenters. The Morgan fingerprint density at radius 1 is 1.33 bits per heavy atom. The second-order valence-electron chi connectivity index (χ2n) is 7.23. The Labute approximate surface area is 111 Å². The summed E-state index contributed by atoms with van der Waals surface area (Å²) in [6, 6.07) is 0.636. The molecule has 2 saturated carbocycles. The van der Waals surface area contributed by atoms with Crippen LogP contribution in [0.25, 0.3) is 0 Å². The lowest BCUT2D eigenvalue weighted by Gasteiger charge is -2.43. The van der Waals surface area contributed by atoms with Crippen molar-refractivity contribution in [2.75, 3.05) is 6.54 Å². The molecule has 0 aromatic rings. The third-order valence-electron chi connectivity index (χ3n) is 5.47. The highest BCUT2D eigenvalue weighted by Crippen LogP contribution is 2.62. The molecule has 0 spiro atoms. The molecule has 2 rings (SSSR count). The van der Waals surface area contributed by atoms with E-state index in [1.807, 2.05) is 0 Å². The Morgan fingerprint density at radius 2 is 2.06 bits per heavy atom. The van der Waals surface area contributed by atoms with Crippen LogP contribution in [-0.2, 0) is 4.79 Å². The fraction of sp³-hybridized carbons (Fsp3) is 0.933. The molecular formula is C15H28N2O. The molecule has 2 fully saturated rings. The molecule has 18 heavy (non-hydrogen) atoms. The van der Waals surface area contributed by atoms with Gasteiger partial charge in [0, 0.05) is 12.5 Å². The molecule has 0 aromatic carbocycles. The highest BCUT2D eigenvalue weighted by atomic mass is 16.1. The van der Waals surface area contributed by atoms with Crippen molar-refractivity contribution in [1.82, 2.24) is 5.32 Å². The van der Waals surface area contributed by atoms with Crippen molar-refractivity contribution in [3.63, 3.8) is 0 Å². The zero-order chi connectivity index (χ0) is 13.4. The van der Waals surface area contributed by atoms with Crippen LogP contribution in [0, 0.1) is 16.7 Å². The average Bonchev–Trinajstić information content (AvgIpc) is 2.72. The average molecular weight is 252 g/mol. The standard InChI is InChI=1S/C15H28N2O/c1-14(2)11-7-8-15(3,10-11)13(14)17-9-5-4-6-12(16)18/h11,13,17H,4-10H2,1-3H3,(H2,16,18)/t11-,13?,15+/m0/s1. The summed E-state index contributed by atoms with van der Waals surface area (Å²) >= 11 is 0. The molecule has 2 aliphatic rings. The van der Waals surface area contributed by atoms with Gasteiger partial charge in [-0.15, -0.1) is 0 Å². The van der Waals surface area contributed by atoms with Crippen LogP contribution in [-0.4, -0.2) is 18.5 Å². The van der Waals surface area contributed by atoms with Crippen molar-refractivity contribution in [1.29, 1.82) is 0 Å². The van der Waals surface area contributed by atoms with Gasteiger partial charge >= 0.3 is 0 Å². The van der Waals surface area contributed by atoms with Crippen molar-refractivity contribution < 1.29 is 4.79 Å². The molecule has 0 radical (unpaired) electrons. The fourth-order valence-corrected chi connectivity index (χ4v) is 4.48. The van der Waals surface area contributed by atoms with Gasteiger partial charge in [-0.3, -0.25) is 4.79 Å². The molecule has 2 aliphatic carbocycles. The van der Waals surface area contributed by atoms with E-state index in [4.69, 9.17) is 5.73 Å². The molecule has 0 saturated heterocycles. The van der Waals surface area contributed by atoms with Gasteiger partial charge in [-0.05, 0) is 55.4 Å².